The molecule has 6 rings (SSSR count). The smallest absolute Gasteiger partial charge is 0.228 e. The molecule has 5 nitrogen and oxygen atoms in total. The number of hydrogen-bond donors (Lipinski definition) is 0. The lowest BCUT2D eigenvalue weighted by atomic mass is 10.1. The molecule has 0 fully saturated rings. The molecular weight excluding hydrogens is 398 g/mol. The van der Waals surface area contributed by atoms with E-state index in [2.05, 4.69) is 53.0 Å². The van der Waals surface area contributed by atoms with Crippen molar-refractivity contribution in [1.29, 1.82) is 0 Å². The zero-order chi connectivity index (χ0) is 21.7. The van der Waals surface area contributed by atoms with E-state index in [0.29, 0.717) is 23.0 Å². The van der Waals surface area contributed by atoms with E-state index in [-0.39, 0.29) is 0 Å². The Balaban J connectivity index is 1.40. The lowest BCUT2D eigenvalue weighted by molar-refractivity contribution is 0.477. The molecule has 2 aromatic heterocycles. The fourth-order valence-corrected chi connectivity index (χ4v) is 4.01. The summed E-state index contributed by atoms with van der Waals surface area (Å²) in [5, 5.41) is 0. The first-order chi connectivity index (χ1) is 15.7. The van der Waals surface area contributed by atoms with Crippen molar-refractivity contribution in [3.8, 4) is 23.0 Å². The van der Waals surface area contributed by atoms with Crippen molar-refractivity contribution in [1.82, 2.24) is 9.97 Å². The molecule has 0 amide bonds. The summed E-state index contributed by atoms with van der Waals surface area (Å²) in [7, 11) is 0. The first-order valence-electron chi connectivity index (χ1n) is 10.7. The Morgan fingerprint density at radius 2 is 1.47 bits per heavy atom. The SMILES string of the molecule is CC(C)c1cnc2nc(-c3ccc(N4c5ccccc5Oc5ccccc54)cc3)oc2c1. The number of ether oxygens (including phenoxy) is 1. The summed E-state index contributed by atoms with van der Waals surface area (Å²) in [5.41, 5.74) is 6.44. The molecule has 0 aliphatic carbocycles. The van der Waals surface area contributed by atoms with Gasteiger partial charge in [0.2, 0.25) is 5.89 Å². The lowest BCUT2D eigenvalue weighted by Gasteiger charge is -2.32. The third kappa shape index (κ3) is 3.02. The minimum Gasteiger partial charge on any atom is -0.453 e. The van der Waals surface area contributed by atoms with E-state index in [0.717, 1.165) is 39.7 Å². The summed E-state index contributed by atoms with van der Waals surface area (Å²) in [6, 6.07) is 26.4. The van der Waals surface area contributed by atoms with Crippen molar-refractivity contribution in [3.63, 3.8) is 0 Å². The predicted molar refractivity (Wildman–Crippen MR) is 126 cm³/mol. The van der Waals surface area contributed by atoms with Gasteiger partial charge in [0, 0.05) is 17.4 Å². The quantitative estimate of drug-likeness (QED) is 0.296. The van der Waals surface area contributed by atoms with Gasteiger partial charge in [-0.05, 0) is 66.1 Å². The molecule has 0 atom stereocenters. The Hall–Kier alpha value is -4.12. The molecule has 1 aliphatic heterocycles. The topological polar surface area (TPSA) is 51.4 Å². The summed E-state index contributed by atoms with van der Waals surface area (Å²) in [4.78, 5) is 11.3. The van der Waals surface area contributed by atoms with E-state index in [1.807, 2.05) is 60.8 Å². The molecule has 5 aromatic rings. The van der Waals surface area contributed by atoms with Crippen LogP contribution in [0.1, 0.15) is 25.3 Å². The molecular formula is C27H21N3O2. The Labute approximate surface area is 185 Å². The molecule has 0 bridgehead atoms. The van der Waals surface area contributed by atoms with E-state index in [4.69, 9.17) is 9.15 Å². The number of para-hydroxylation sites is 4. The molecule has 1 aliphatic rings. The van der Waals surface area contributed by atoms with Crippen LogP contribution in [0.25, 0.3) is 22.7 Å². The molecule has 3 aromatic carbocycles. The van der Waals surface area contributed by atoms with Gasteiger partial charge in [-0.25, -0.2) is 4.98 Å². The average molecular weight is 419 g/mol. The minimum atomic E-state index is 0.388. The van der Waals surface area contributed by atoms with Crippen molar-refractivity contribution < 1.29 is 9.15 Å². The second kappa shape index (κ2) is 7.24. The first-order valence-corrected chi connectivity index (χ1v) is 10.7. The zero-order valence-electron chi connectivity index (χ0n) is 17.8. The third-order valence-corrected chi connectivity index (χ3v) is 5.74. The fraction of sp³-hybridized carbons (Fsp3) is 0.111. The fourth-order valence-electron chi connectivity index (χ4n) is 4.01. The van der Waals surface area contributed by atoms with Gasteiger partial charge in [0.05, 0.1) is 11.4 Å². The van der Waals surface area contributed by atoms with Gasteiger partial charge in [-0.3, -0.25) is 0 Å². The lowest BCUT2D eigenvalue weighted by Crippen LogP contribution is -2.15. The van der Waals surface area contributed by atoms with Crippen LogP contribution in [0.15, 0.2) is 89.5 Å². The van der Waals surface area contributed by atoms with Gasteiger partial charge in [-0.1, -0.05) is 38.1 Å². The summed E-state index contributed by atoms with van der Waals surface area (Å²) in [5.74, 6) is 2.63. The number of pyridine rings is 1. The second-order valence-corrected chi connectivity index (χ2v) is 8.18. The number of benzene rings is 3. The number of nitrogens with zero attached hydrogens (tertiary/aromatic N) is 3. The number of hydrogen-bond acceptors (Lipinski definition) is 5. The Morgan fingerprint density at radius 3 is 2.12 bits per heavy atom. The number of anilines is 3. The van der Waals surface area contributed by atoms with Gasteiger partial charge >= 0.3 is 0 Å². The van der Waals surface area contributed by atoms with Crippen molar-refractivity contribution in [3.05, 3.63) is 90.6 Å². The standard InChI is InChI=1S/C27H21N3O2/c1-17(2)19-15-25-26(28-16-19)29-27(32-25)18-11-13-20(14-12-18)30-21-7-3-5-9-23(21)31-24-10-6-4-8-22(24)30/h3-17H,1-2H3. The highest BCUT2D eigenvalue weighted by Gasteiger charge is 2.25. The van der Waals surface area contributed by atoms with Gasteiger partial charge in [0.1, 0.15) is 0 Å². The Bertz CT molecular complexity index is 1390. The number of oxazole rings is 1. The van der Waals surface area contributed by atoms with Crippen LogP contribution in [0, 0.1) is 0 Å². The van der Waals surface area contributed by atoms with Gasteiger partial charge in [-0.15, -0.1) is 0 Å². The molecule has 0 radical (unpaired) electrons. The minimum absolute atomic E-state index is 0.388. The zero-order valence-corrected chi connectivity index (χ0v) is 17.8. The van der Waals surface area contributed by atoms with Crippen molar-refractivity contribution in [2.24, 2.45) is 0 Å². The normalized spacial score (nSPS) is 12.5. The summed E-state index contributed by atoms with van der Waals surface area (Å²) in [6.45, 7) is 4.28. The van der Waals surface area contributed by atoms with Crippen LogP contribution in [0.3, 0.4) is 0 Å². The maximum atomic E-state index is 6.11. The third-order valence-electron chi connectivity index (χ3n) is 5.74. The highest BCUT2D eigenvalue weighted by atomic mass is 16.5. The van der Waals surface area contributed by atoms with E-state index < -0.39 is 0 Å². The molecule has 0 spiro atoms. The van der Waals surface area contributed by atoms with E-state index in [1.54, 1.807) is 0 Å². The Kier molecular flexibility index (Phi) is 4.21. The van der Waals surface area contributed by atoms with E-state index in [9.17, 15) is 0 Å². The number of fused-ring (bicyclic) bond motifs is 3. The summed E-state index contributed by atoms with van der Waals surface area (Å²) < 4.78 is 12.1. The van der Waals surface area contributed by atoms with Gasteiger partial charge in [0.15, 0.2) is 22.7 Å². The largest absolute Gasteiger partial charge is 0.453 e. The van der Waals surface area contributed by atoms with Crippen LogP contribution < -0.4 is 9.64 Å². The first kappa shape index (κ1) is 18.6. The molecule has 0 N–H and O–H groups in total. The van der Waals surface area contributed by atoms with Crippen molar-refractivity contribution in [2.45, 2.75) is 19.8 Å². The van der Waals surface area contributed by atoms with E-state index in [1.165, 1.54) is 0 Å². The molecule has 3 heterocycles. The molecule has 5 heteroatoms. The number of rotatable bonds is 3. The highest BCUT2D eigenvalue weighted by molar-refractivity contribution is 5.86. The summed E-state index contributed by atoms with van der Waals surface area (Å²) in [6.07, 6.45) is 1.87. The van der Waals surface area contributed by atoms with E-state index >= 15 is 0 Å². The van der Waals surface area contributed by atoms with Crippen LogP contribution >= 0.6 is 0 Å². The number of aromatic nitrogens is 2. The molecule has 0 saturated heterocycles. The maximum Gasteiger partial charge on any atom is 0.228 e. The van der Waals surface area contributed by atoms with Crippen LogP contribution in [-0.2, 0) is 0 Å². The molecule has 0 saturated carbocycles. The van der Waals surface area contributed by atoms with Crippen molar-refractivity contribution in [2.75, 3.05) is 4.90 Å². The van der Waals surface area contributed by atoms with Crippen LogP contribution in [-0.4, -0.2) is 9.97 Å². The monoisotopic (exact) mass is 419 g/mol. The van der Waals surface area contributed by atoms with Crippen LogP contribution in [0.5, 0.6) is 11.5 Å². The Morgan fingerprint density at radius 1 is 0.812 bits per heavy atom. The van der Waals surface area contributed by atoms with Crippen LogP contribution in [0.4, 0.5) is 17.1 Å². The van der Waals surface area contributed by atoms with Gasteiger partial charge in [-0.2, -0.15) is 4.98 Å². The average Bonchev–Trinajstić information content (AvgIpc) is 3.26. The predicted octanol–water partition coefficient (Wildman–Crippen LogP) is 7.59. The van der Waals surface area contributed by atoms with Crippen molar-refractivity contribution >= 4 is 28.3 Å². The van der Waals surface area contributed by atoms with Gasteiger partial charge < -0.3 is 14.1 Å². The maximum absolute atomic E-state index is 6.11. The van der Waals surface area contributed by atoms with Gasteiger partial charge in [0.25, 0.3) is 0 Å². The van der Waals surface area contributed by atoms with Crippen LogP contribution in [0.2, 0.25) is 0 Å². The molecule has 156 valence electrons. The molecule has 0 unspecified atom stereocenters. The highest BCUT2D eigenvalue weighted by Crippen LogP contribution is 2.50. The summed E-state index contributed by atoms with van der Waals surface area (Å²) >= 11 is 0. The molecule has 32 heavy (non-hydrogen) atoms. The second-order valence-electron chi connectivity index (χ2n) is 8.18.